The third-order valence-electron chi connectivity index (χ3n) is 6.31. The average molecular weight is 327 g/mol. The normalized spacial score (nSPS) is 39.7. The van der Waals surface area contributed by atoms with E-state index in [0.717, 1.165) is 50.0 Å². The molecule has 0 radical (unpaired) electrons. The van der Waals surface area contributed by atoms with Gasteiger partial charge >= 0.3 is 0 Å². The highest BCUT2D eigenvalue weighted by molar-refractivity contribution is 5.12. The van der Waals surface area contributed by atoms with Gasteiger partial charge in [0.25, 0.3) is 0 Å². The van der Waals surface area contributed by atoms with Crippen LogP contribution in [0.25, 0.3) is 0 Å². The van der Waals surface area contributed by atoms with Gasteiger partial charge in [-0.05, 0) is 62.2 Å². The maximum Gasteiger partial charge on any atom is 0.138 e. The van der Waals surface area contributed by atoms with Crippen molar-refractivity contribution in [2.75, 3.05) is 0 Å². The molecule has 2 aliphatic carbocycles. The van der Waals surface area contributed by atoms with Crippen LogP contribution in [0.4, 0.5) is 8.78 Å². The molecule has 0 nitrogen and oxygen atoms in total. The predicted molar refractivity (Wildman–Crippen MR) is 95.0 cm³/mol. The van der Waals surface area contributed by atoms with Crippen LogP contribution in [0.2, 0.25) is 0 Å². The summed E-state index contributed by atoms with van der Waals surface area (Å²) in [7, 11) is 0. The molecule has 0 aromatic heterocycles. The van der Waals surface area contributed by atoms with E-state index in [9.17, 15) is 8.78 Å². The summed E-state index contributed by atoms with van der Waals surface area (Å²) in [4.78, 5) is 0. The van der Waals surface area contributed by atoms with Crippen LogP contribution in [0, 0.1) is 29.6 Å². The second kappa shape index (κ2) is 8.62. The molecule has 0 aliphatic heterocycles. The molecule has 0 amide bonds. The first-order valence-corrected chi connectivity index (χ1v) is 9.91. The number of hydrogen-bond acceptors (Lipinski definition) is 0. The van der Waals surface area contributed by atoms with Crippen LogP contribution in [0.3, 0.4) is 0 Å². The molecule has 2 aliphatic rings. The highest BCUT2D eigenvalue weighted by atomic mass is 19.2. The molecular formula is C21H36F2. The van der Waals surface area contributed by atoms with Crippen molar-refractivity contribution in [3.05, 3.63) is 11.6 Å². The van der Waals surface area contributed by atoms with Crippen LogP contribution < -0.4 is 0 Å². The average Bonchev–Trinajstić information content (AvgIpc) is 2.52. The lowest BCUT2D eigenvalue weighted by molar-refractivity contribution is -0.00188. The van der Waals surface area contributed by atoms with E-state index in [1.54, 1.807) is 0 Å². The van der Waals surface area contributed by atoms with E-state index in [1.807, 2.05) is 0 Å². The monoisotopic (exact) mass is 326 g/mol. The summed E-state index contributed by atoms with van der Waals surface area (Å²) < 4.78 is 29.7. The van der Waals surface area contributed by atoms with E-state index in [4.69, 9.17) is 0 Å². The van der Waals surface area contributed by atoms with Crippen molar-refractivity contribution in [2.24, 2.45) is 29.6 Å². The Kier molecular flexibility index (Phi) is 7.10. The van der Waals surface area contributed by atoms with E-state index >= 15 is 0 Å². The molecule has 0 aromatic carbocycles. The van der Waals surface area contributed by atoms with Gasteiger partial charge in [0.05, 0.1) is 0 Å². The molecule has 4 unspecified atom stereocenters. The first kappa shape index (κ1) is 18.9. The third kappa shape index (κ3) is 4.79. The molecule has 0 spiro atoms. The van der Waals surface area contributed by atoms with E-state index in [0.29, 0.717) is 11.8 Å². The summed E-state index contributed by atoms with van der Waals surface area (Å²) in [5, 5.41) is 0. The number of alkyl halides is 2. The van der Waals surface area contributed by atoms with Crippen molar-refractivity contribution in [1.82, 2.24) is 0 Å². The zero-order valence-electron chi connectivity index (χ0n) is 15.5. The molecule has 4 atom stereocenters. The Morgan fingerprint density at radius 2 is 1.65 bits per heavy atom. The zero-order valence-corrected chi connectivity index (χ0v) is 15.5. The van der Waals surface area contributed by atoms with Crippen LogP contribution in [0.1, 0.15) is 79.1 Å². The highest BCUT2D eigenvalue weighted by Crippen LogP contribution is 2.45. The van der Waals surface area contributed by atoms with Crippen LogP contribution in [0.15, 0.2) is 11.6 Å². The van der Waals surface area contributed by atoms with Gasteiger partial charge in [-0.15, -0.1) is 0 Å². The Balaban J connectivity index is 1.99. The van der Waals surface area contributed by atoms with Crippen LogP contribution >= 0.6 is 0 Å². The molecular weight excluding hydrogens is 290 g/mol. The van der Waals surface area contributed by atoms with E-state index in [1.165, 1.54) is 12.8 Å². The second-order valence-electron chi connectivity index (χ2n) is 8.52. The molecule has 23 heavy (non-hydrogen) atoms. The Labute approximate surface area is 142 Å². The molecule has 2 saturated carbocycles. The van der Waals surface area contributed by atoms with Gasteiger partial charge in [0.15, 0.2) is 0 Å². The fourth-order valence-corrected chi connectivity index (χ4v) is 4.69. The summed E-state index contributed by atoms with van der Waals surface area (Å²) in [6.07, 6.45) is 7.82. The number of hydrogen-bond donors (Lipinski definition) is 0. The Bertz CT molecular complexity index is 379. The molecule has 2 rings (SSSR count). The molecule has 2 fully saturated rings. The maximum atomic E-state index is 14.9. The number of halogens is 2. The third-order valence-corrected chi connectivity index (χ3v) is 6.31. The number of rotatable bonds is 5. The zero-order chi connectivity index (χ0) is 17.0. The first-order valence-electron chi connectivity index (χ1n) is 9.91. The fraction of sp³-hybridized carbons (Fsp3) is 0.905. The SMILES string of the molecule is CC/C(=C\CC(C)C)C1CCC(C2CCC(C)CC2)C(F)C1F. The Morgan fingerprint density at radius 3 is 2.22 bits per heavy atom. The predicted octanol–water partition coefficient (Wildman–Crippen LogP) is 6.90. The molecule has 2 heteroatoms. The standard InChI is InChI=1S/C21H36F2/c1-5-16(9-6-14(2)3)18-12-13-19(21(23)20(18)22)17-10-7-15(4)8-11-17/h9,14-15,17-21H,5-8,10-13H2,1-4H3/b16-9+. The van der Waals surface area contributed by atoms with Gasteiger partial charge in [-0.3, -0.25) is 0 Å². The minimum Gasteiger partial charge on any atom is -0.244 e. The van der Waals surface area contributed by atoms with Gasteiger partial charge in [0.1, 0.15) is 12.3 Å². The largest absolute Gasteiger partial charge is 0.244 e. The van der Waals surface area contributed by atoms with Gasteiger partial charge in [-0.25, -0.2) is 8.78 Å². The van der Waals surface area contributed by atoms with E-state index < -0.39 is 12.3 Å². The van der Waals surface area contributed by atoms with Crippen LogP contribution in [-0.2, 0) is 0 Å². The molecule has 0 bridgehead atoms. The van der Waals surface area contributed by atoms with Gasteiger partial charge < -0.3 is 0 Å². The van der Waals surface area contributed by atoms with Crippen LogP contribution in [0.5, 0.6) is 0 Å². The highest BCUT2D eigenvalue weighted by Gasteiger charge is 2.44. The Morgan fingerprint density at radius 1 is 1.00 bits per heavy atom. The van der Waals surface area contributed by atoms with Gasteiger partial charge in [-0.1, -0.05) is 52.2 Å². The lowest BCUT2D eigenvalue weighted by Gasteiger charge is -2.41. The lowest BCUT2D eigenvalue weighted by atomic mass is 9.66. The fourth-order valence-electron chi connectivity index (χ4n) is 4.69. The number of allylic oxidation sites excluding steroid dienone is 2. The smallest absolute Gasteiger partial charge is 0.138 e. The molecule has 0 heterocycles. The van der Waals surface area contributed by atoms with Crippen molar-refractivity contribution >= 4 is 0 Å². The summed E-state index contributed by atoms with van der Waals surface area (Å²) in [6, 6.07) is 0. The van der Waals surface area contributed by atoms with Gasteiger partial charge in [0.2, 0.25) is 0 Å². The summed E-state index contributed by atoms with van der Waals surface area (Å²) in [6.45, 7) is 8.72. The first-order chi connectivity index (χ1) is 10.9. The van der Waals surface area contributed by atoms with Crippen molar-refractivity contribution in [3.8, 4) is 0 Å². The second-order valence-corrected chi connectivity index (χ2v) is 8.52. The van der Waals surface area contributed by atoms with Crippen molar-refractivity contribution < 1.29 is 8.78 Å². The maximum absolute atomic E-state index is 14.9. The summed E-state index contributed by atoms with van der Waals surface area (Å²) in [5.41, 5.74) is 1.16. The van der Waals surface area contributed by atoms with Crippen molar-refractivity contribution in [1.29, 1.82) is 0 Å². The van der Waals surface area contributed by atoms with Crippen molar-refractivity contribution in [3.63, 3.8) is 0 Å². The molecule has 0 saturated heterocycles. The van der Waals surface area contributed by atoms with E-state index in [-0.39, 0.29) is 11.8 Å². The molecule has 134 valence electrons. The van der Waals surface area contributed by atoms with Crippen molar-refractivity contribution in [2.45, 2.75) is 91.4 Å². The summed E-state index contributed by atoms with van der Waals surface area (Å²) in [5.74, 6) is 1.57. The topological polar surface area (TPSA) is 0 Å². The van der Waals surface area contributed by atoms with Crippen LogP contribution in [-0.4, -0.2) is 12.3 Å². The Hall–Kier alpha value is -0.400. The lowest BCUT2D eigenvalue weighted by Crippen LogP contribution is -2.42. The quantitative estimate of drug-likeness (QED) is 0.482. The summed E-state index contributed by atoms with van der Waals surface area (Å²) >= 11 is 0. The van der Waals surface area contributed by atoms with Gasteiger partial charge in [-0.2, -0.15) is 0 Å². The van der Waals surface area contributed by atoms with E-state index in [2.05, 4.69) is 33.8 Å². The minimum absolute atomic E-state index is 0.0306. The van der Waals surface area contributed by atoms with Gasteiger partial charge in [0, 0.05) is 5.92 Å². The molecule has 0 N–H and O–H groups in total. The minimum atomic E-state index is -1.29. The molecule has 0 aromatic rings.